The number of aromatic carboxylic acids is 1. The Kier molecular flexibility index (Phi) is 8.66. The number of esters is 2. The van der Waals surface area contributed by atoms with Crippen LogP contribution in [0.1, 0.15) is 27.1 Å². The molecule has 0 fully saturated rings. The molecular weight excluding hydrogens is 757 g/mol. The first kappa shape index (κ1) is 25.0. The van der Waals surface area contributed by atoms with Crippen molar-refractivity contribution in [2.75, 3.05) is 6.61 Å². The summed E-state index contributed by atoms with van der Waals surface area (Å²) in [6.45, 7) is -0.554. The summed E-state index contributed by atoms with van der Waals surface area (Å²) in [4.78, 5) is 34.5. The first-order valence-corrected chi connectivity index (χ1v) is 10.8. The molecule has 0 amide bonds. The van der Waals surface area contributed by atoms with Crippen LogP contribution in [0.3, 0.4) is 0 Å². The quantitative estimate of drug-likeness (QED) is 0.147. The lowest BCUT2D eigenvalue weighted by molar-refractivity contribution is -0.255. The van der Waals surface area contributed by atoms with Crippen LogP contribution in [-0.4, -0.2) is 24.5 Å². The second kappa shape index (κ2) is 10.4. The smallest absolute Gasteiger partial charge is 0.339 e. The van der Waals surface area contributed by atoms with E-state index in [4.69, 9.17) is 4.74 Å². The van der Waals surface area contributed by atoms with Gasteiger partial charge >= 0.3 is 11.9 Å². The number of hydrogen-bond donors (Lipinski definition) is 0. The summed E-state index contributed by atoms with van der Waals surface area (Å²) in [5, 5.41) is 10.6. The Bertz CT molecular complexity index is 1030. The van der Waals surface area contributed by atoms with Crippen molar-refractivity contribution in [1.82, 2.24) is 0 Å². The van der Waals surface area contributed by atoms with Gasteiger partial charge in [0.05, 0.1) is 23.5 Å². The Hall–Kier alpha value is -1.24. The van der Waals surface area contributed by atoms with E-state index in [1.807, 2.05) is 73.8 Å². The average Bonchev–Trinajstić information content (AvgIpc) is 2.66. The maximum atomic E-state index is 13.8. The number of rotatable bonds is 6. The highest BCUT2D eigenvalue weighted by molar-refractivity contribution is 14.1. The Balaban J connectivity index is 2.07. The predicted octanol–water partition coefficient (Wildman–Crippen LogP) is 3.57. The van der Waals surface area contributed by atoms with Crippen LogP contribution in [0.2, 0.25) is 0 Å². The van der Waals surface area contributed by atoms with E-state index < -0.39 is 65.5 Å². The third-order valence-electron chi connectivity index (χ3n) is 3.40. The molecule has 0 aliphatic heterocycles. The number of carboxylic acid groups (broad SMARTS) is 1. The van der Waals surface area contributed by atoms with Crippen molar-refractivity contribution in [3.8, 4) is 5.75 Å². The Morgan fingerprint density at radius 1 is 0.933 bits per heavy atom. The van der Waals surface area contributed by atoms with Crippen molar-refractivity contribution in [1.29, 1.82) is 0 Å². The predicted molar refractivity (Wildman–Crippen MR) is 116 cm³/mol. The van der Waals surface area contributed by atoms with Crippen LogP contribution in [0.4, 0.5) is 17.6 Å². The van der Waals surface area contributed by atoms with Gasteiger partial charge in [-0.15, -0.1) is 0 Å². The summed E-state index contributed by atoms with van der Waals surface area (Å²) >= 11 is 5.95. The largest absolute Gasteiger partial charge is 0.545 e. The highest BCUT2D eigenvalue weighted by Crippen LogP contribution is 2.30. The Morgan fingerprint density at radius 3 is 2.03 bits per heavy atom. The number of carboxylic acids is 1. The topological polar surface area (TPSA) is 92.7 Å². The monoisotopic (exact) mass is 763 g/mol. The SMILES string of the molecule is O=C(CCOC(=O)c1cc(I)cc(I)c1I)Oc1c(F)c(F)c(C(=O)[O-])c(F)c1F. The molecule has 0 radical (unpaired) electrons. The number of carbonyl (C=O) groups is 3. The fraction of sp³-hybridized carbons (Fsp3) is 0.118. The van der Waals surface area contributed by atoms with Gasteiger partial charge in [0.1, 0.15) is 6.61 Å². The van der Waals surface area contributed by atoms with E-state index >= 15 is 0 Å². The molecule has 13 heteroatoms. The van der Waals surface area contributed by atoms with Crippen LogP contribution >= 0.6 is 67.8 Å². The summed E-state index contributed by atoms with van der Waals surface area (Å²) in [7, 11) is 0. The lowest BCUT2D eigenvalue weighted by atomic mass is 10.1. The second-order valence-corrected chi connectivity index (χ2v) is 8.84. The van der Waals surface area contributed by atoms with Gasteiger partial charge in [-0.25, -0.2) is 13.6 Å². The summed E-state index contributed by atoms with van der Waals surface area (Å²) in [5.74, 6) is -15.4. The van der Waals surface area contributed by atoms with Crippen LogP contribution < -0.4 is 9.84 Å². The van der Waals surface area contributed by atoms with Crippen molar-refractivity contribution < 1.29 is 46.5 Å². The molecule has 0 aliphatic carbocycles. The fourth-order valence-corrected chi connectivity index (χ4v) is 4.43. The van der Waals surface area contributed by atoms with Gasteiger partial charge in [-0.1, -0.05) is 0 Å². The van der Waals surface area contributed by atoms with E-state index in [9.17, 15) is 37.1 Å². The maximum absolute atomic E-state index is 13.8. The number of ether oxygens (including phenoxy) is 2. The lowest BCUT2D eigenvalue weighted by Gasteiger charge is -2.12. The van der Waals surface area contributed by atoms with Gasteiger partial charge in [0.25, 0.3) is 0 Å². The van der Waals surface area contributed by atoms with Crippen LogP contribution in [0, 0.1) is 34.0 Å². The van der Waals surface area contributed by atoms with Gasteiger partial charge < -0.3 is 19.4 Å². The fourth-order valence-electron chi connectivity index (χ4n) is 2.05. The van der Waals surface area contributed by atoms with E-state index in [2.05, 4.69) is 4.74 Å². The molecule has 0 atom stereocenters. The Labute approximate surface area is 206 Å². The molecule has 2 rings (SSSR count). The molecule has 30 heavy (non-hydrogen) atoms. The van der Waals surface area contributed by atoms with E-state index in [0.29, 0.717) is 3.57 Å². The molecule has 0 N–H and O–H groups in total. The van der Waals surface area contributed by atoms with Crippen molar-refractivity contribution in [3.63, 3.8) is 0 Å². The van der Waals surface area contributed by atoms with Gasteiger partial charge in [-0.2, -0.15) is 8.78 Å². The molecule has 0 spiro atoms. The molecule has 0 aromatic heterocycles. The van der Waals surface area contributed by atoms with E-state index in [1.165, 1.54) is 0 Å². The van der Waals surface area contributed by atoms with Gasteiger partial charge in [-0.3, -0.25) is 4.79 Å². The third kappa shape index (κ3) is 5.51. The van der Waals surface area contributed by atoms with Crippen LogP contribution in [-0.2, 0) is 9.53 Å². The zero-order valence-corrected chi connectivity index (χ0v) is 20.6. The number of halogens is 7. The van der Waals surface area contributed by atoms with E-state index in [1.54, 1.807) is 6.07 Å². The standard InChI is InChI=1S/C17H7F4I3O6/c18-10-9(16(26)27)11(19)13(21)15(12(10)20)30-8(25)1-2-29-17(28)6-3-5(22)4-7(23)14(6)24/h3-4H,1-2H2,(H,26,27)/p-1. The second-order valence-electron chi connectivity index (χ2n) is 5.36. The average molecular weight is 763 g/mol. The Morgan fingerprint density at radius 2 is 1.50 bits per heavy atom. The zero-order valence-electron chi connectivity index (χ0n) is 14.2. The van der Waals surface area contributed by atoms with Crippen molar-refractivity contribution >= 4 is 85.7 Å². The molecule has 0 saturated heterocycles. The number of benzene rings is 2. The minimum atomic E-state index is -2.49. The van der Waals surface area contributed by atoms with Crippen LogP contribution in [0.15, 0.2) is 12.1 Å². The summed E-state index contributed by atoms with van der Waals surface area (Å²) in [6.07, 6.45) is -0.701. The van der Waals surface area contributed by atoms with Crippen LogP contribution in [0.25, 0.3) is 0 Å². The summed E-state index contributed by atoms with van der Waals surface area (Å²) < 4.78 is 66.1. The maximum Gasteiger partial charge on any atom is 0.339 e. The molecule has 0 aliphatic rings. The summed E-state index contributed by atoms with van der Waals surface area (Å²) in [6, 6.07) is 3.38. The number of carbonyl (C=O) groups excluding carboxylic acids is 3. The van der Waals surface area contributed by atoms with Gasteiger partial charge in [0.2, 0.25) is 17.4 Å². The third-order valence-corrected chi connectivity index (χ3v) is 7.06. The van der Waals surface area contributed by atoms with Crippen molar-refractivity contribution in [3.05, 3.63) is 57.2 Å². The lowest BCUT2D eigenvalue weighted by Crippen LogP contribution is -2.27. The minimum Gasteiger partial charge on any atom is -0.545 e. The molecule has 0 saturated carbocycles. The molecule has 0 unspecified atom stereocenters. The van der Waals surface area contributed by atoms with Crippen molar-refractivity contribution in [2.24, 2.45) is 0 Å². The molecule has 0 bridgehead atoms. The zero-order chi connectivity index (χ0) is 22.7. The molecular formula is C17H6F4I3O6-. The van der Waals surface area contributed by atoms with Crippen molar-refractivity contribution in [2.45, 2.75) is 6.42 Å². The number of hydrogen-bond acceptors (Lipinski definition) is 6. The van der Waals surface area contributed by atoms with Gasteiger partial charge in [0.15, 0.2) is 11.6 Å². The molecule has 2 aromatic rings. The summed E-state index contributed by atoms with van der Waals surface area (Å²) in [5.41, 5.74) is -1.74. The molecule has 6 nitrogen and oxygen atoms in total. The van der Waals surface area contributed by atoms with Gasteiger partial charge in [-0.05, 0) is 79.9 Å². The highest BCUT2D eigenvalue weighted by atomic mass is 127. The highest BCUT2D eigenvalue weighted by Gasteiger charge is 2.28. The minimum absolute atomic E-state index is 0.236. The first-order valence-electron chi connectivity index (χ1n) is 7.55. The molecule has 160 valence electrons. The normalized spacial score (nSPS) is 10.6. The van der Waals surface area contributed by atoms with Crippen LogP contribution in [0.5, 0.6) is 5.75 Å². The van der Waals surface area contributed by atoms with E-state index in [0.717, 1.165) is 7.14 Å². The first-order chi connectivity index (χ1) is 14.0. The molecule has 0 heterocycles. The van der Waals surface area contributed by atoms with E-state index in [-0.39, 0.29) is 5.56 Å². The van der Waals surface area contributed by atoms with Gasteiger partial charge in [0, 0.05) is 10.7 Å². The molecule has 2 aromatic carbocycles.